The fraction of sp³-hybridized carbons (Fsp3) is 0.476. The second kappa shape index (κ2) is 8.20. The smallest absolute Gasteiger partial charge is 0.216 e. The van der Waals surface area contributed by atoms with Gasteiger partial charge in [-0.2, -0.15) is 0 Å². The number of hydrogen-bond acceptors (Lipinski definition) is 7. The third-order valence-corrected chi connectivity index (χ3v) is 6.21. The van der Waals surface area contributed by atoms with Crippen molar-refractivity contribution in [1.82, 2.24) is 19.9 Å². The van der Waals surface area contributed by atoms with Crippen LogP contribution in [0.15, 0.2) is 18.2 Å². The van der Waals surface area contributed by atoms with Crippen LogP contribution < -0.4 is 9.47 Å². The van der Waals surface area contributed by atoms with Crippen LogP contribution in [0.1, 0.15) is 42.2 Å². The van der Waals surface area contributed by atoms with E-state index in [-0.39, 0.29) is 18.0 Å². The molecule has 1 unspecified atom stereocenters. The van der Waals surface area contributed by atoms with Gasteiger partial charge in [0, 0.05) is 30.9 Å². The van der Waals surface area contributed by atoms with Gasteiger partial charge < -0.3 is 9.47 Å². The molecular formula is C21H25FN4O2S. The van der Waals surface area contributed by atoms with Gasteiger partial charge in [0.25, 0.3) is 0 Å². The lowest BCUT2D eigenvalue weighted by atomic mass is 10.0. The number of piperidine rings is 1. The number of likely N-dealkylation sites (tertiary alicyclic amines) is 1. The molecule has 1 aliphatic rings. The van der Waals surface area contributed by atoms with Crippen molar-refractivity contribution in [2.75, 3.05) is 20.2 Å². The quantitative estimate of drug-likeness (QED) is 0.612. The summed E-state index contributed by atoms with van der Waals surface area (Å²) in [5.41, 5.74) is 1.97. The zero-order chi connectivity index (χ0) is 20.5. The zero-order valence-electron chi connectivity index (χ0n) is 17.1. The Labute approximate surface area is 173 Å². The van der Waals surface area contributed by atoms with Crippen LogP contribution in [0.2, 0.25) is 0 Å². The van der Waals surface area contributed by atoms with E-state index in [2.05, 4.69) is 19.9 Å². The Bertz CT molecular complexity index is 1020. The first-order chi connectivity index (χ1) is 13.9. The van der Waals surface area contributed by atoms with Crippen molar-refractivity contribution in [1.29, 1.82) is 0 Å². The van der Waals surface area contributed by atoms with Crippen molar-refractivity contribution in [3.05, 3.63) is 40.4 Å². The normalized spacial score (nSPS) is 16.9. The highest BCUT2D eigenvalue weighted by atomic mass is 32.1. The predicted octanol–water partition coefficient (Wildman–Crippen LogP) is 4.46. The molecule has 1 saturated heterocycles. The molecule has 0 aromatic carbocycles. The van der Waals surface area contributed by atoms with Crippen LogP contribution in [-0.4, -0.2) is 46.2 Å². The van der Waals surface area contributed by atoms with Gasteiger partial charge in [0.15, 0.2) is 5.65 Å². The minimum atomic E-state index is -0.258. The highest BCUT2D eigenvalue weighted by Crippen LogP contribution is 2.30. The molecule has 0 bridgehead atoms. The molecule has 1 aliphatic heterocycles. The molecule has 29 heavy (non-hydrogen) atoms. The number of ether oxygens (including phenoxy) is 2. The Balaban J connectivity index is 1.41. The third kappa shape index (κ3) is 4.33. The fourth-order valence-corrected chi connectivity index (χ4v) is 4.58. The van der Waals surface area contributed by atoms with Crippen molar-refractivity contribution in [3.8, 4) is 11.6 Å². The average Bonchev–Trinajstić information content (AvgIpc) is 3.05. The molecule has 3 aromatic heterocycles. The molecule has 0 aliphatic carbocycles. The second-order valence-electron chi connectivity index (χ2n) is 7.43. The standard InChI is InChI=1S/C21H25FN4O2S/c1-12-9-16(10-19(23-12)27-4)28-15-5-7-26(8-6-15)13(2)20-17(22)11-18-21(25-20)24-14(3)29-18/h9-11,13,15H,5-8H2,1-4H3. The lowest BCUT2D eigenvalue weighted by Crippen LogP contribution is -2.40. The molecule has 8 heteroatoms. The first-order valence-electron chi connectivity index (χ1n) is 9.80. The maximum absolute atomic E-state index is 14.7. The maximum Gasteiger partial charge on any atom is 0.216 e. The van der Waals surface area contributed by atoms with E-state index in [9.17, 15) is 4.39 Å². The van der Waals surface area contributed by atoms with Crippen LogP contribution in [0.3, 0.4) is 0 Å². The number of pyridine rings is 2. The van der Waals surface area contributed by atoms with Crippen LogP contribution in [-0.2, 0) is 0 Å². The number of aryl methyl sites for hydroxylation is 2. The van der Waals surface area contributed by atoms with E-state index in [0.717, 1.165) is 47.1 Å². The molecule has 0 saturated carbocycles. The van der Waals surface area contributed by atoms with Gasteiger partial charge in [0.2, 0.25) is 5.88 Å². The molecule has 0 N–H and O–H groups in total. The zero-order valence-corrected chi connectivity index (χ0v) is 17.9. The summed E-state index contributed by atoms with van der Waals surface area (Å²) in [5, 5.41) is 0.901. The van der Waals surface area contributed by atoms with Gasteiger partial charge in [0.05, 0.1) is 28.6 Å². The van der Waals surface area contributed by atoms with E-state index in [0.29, 0.717) is 17.2 Å². The number of hydrogen-bond donors (Lipinski definition) is 0. The highest BCUT2D eigenvalue weighted by molar-refractivity contribution is 7.18. The molecule has 0 spiro atoms. The predicted molar refractivity (Wildman–Crippen MR) is 111 cm³/mol. The summed E-state index contributed by atoms with van der Waals surface area (Å²) in [6, 6.07) is 5.19. The topological polar surface area (TPSA) is 60.4 Å². The number of thiazole rings is 1. The lowest BCUT2D eigenvalue weighted by molar-refractivity contribution is 0.0774. The van der Waals surface area contributed by atoms with Crippen molar-refractivity contribution in [3.63, 3.8) is 0 Å². The summed E-state index contributed by atoms with van der Waals surface area (Å²) >= 11 is 1.47. The molecular weight excluding hydrogens is 391 g/mol. The first kappa shape index (κ1) is 20.0. The minimum Gasteiger partial charge on any atom is -0.490 e. The molecule has 1 atom stereocenters. The van der Waals surface area contributed by atoms with E-state index >= 15 is 0 Å². The van der Waals surface area contributed by atoms with Crippen LogP contribution in [0.25, 0.3) is 10.3 Å². The molecule has 0 radical (unpaired) electrons. The summed E-state index contributed by atoms with van der Waals surface area (Å²) < 4.78 is 26.8. The minimum absolute atomic E-state index is 0.106. The summed E-state index contributed by atoms with van der Waals surface area (Å²) in [6.45, 7) is 7.49. The molecule has 154 valence electrons. The number of nitrogens with zero attached hydrogens (tertiary/aromatic N) is 4. The van der Waals surface area contributed by atoms with Crippen molar-refractivity contribution in [2.24, 2.45) is 0 Å². The van der Waals surface area contributed by atoms with Gasteiger partial charge in [-0.25, -0.2) is 19.3 Å². The van der Waals surface area contributed by atoms with Crippen LogP contribution >= 0.6 is 11.3 Å². The Morgan fingerprint density at radius 1 is 1.14 bits per heavy atom. The SMILES string of the molecule is COc1cc(OC2CCN(C(C)c3nc4nc(C)sc4cc3F)CC2)cc(C)n1. The van der Waals surface area contributed by atoms with Crippen molar-refractivity contribution >= 4 is 21.7 Å². The second-order valence-corrected chi connectivity index (χ2v) is 8.66. The van der Waals surface area contributed by atoms with Gasteiger partial charge in [-0.05, 0) is 39.7 Å². The van der Waals surface area contributed by atoms with Crippen LogP contribution in [0, 0.1) is 19.7 Å². The summed E-state index contributed by atoms with van der Waals surface area (Å²) in [7, 11) is 1.60. The number of fused-ring (bicyclic) bond motifs is 1. The molecule has 4 rings (SSSR count). The number of methoxy groups -OCH3 is 1. The summed E-state index contributed by atoms with van der Waals surface area (Å²) in [5.74, 6) is 1.07. The van der Waals surface area contributed by atoms with E-state index in [4.69, 9.17) is 9.47 Å². The molecule has 4 heterocycles. The molecule has 1 fully saturated rings. The number of aromatic nitrogens is 3. The average molecular weight is 417 g/mol. The number of rotatable bonds is 5. The van der Waals surface area contributed by atoms with Gasteiger partial charge in [-0.1, -0.05) is 0 Å². The Hall–Kier alpha value is -2.32. The largest absolute Gasteiger partial charge is 0.490 e. The summed E-state index contributed by atoms with van der Waals surface area (Å²) in [4.78, 5) is 15.5. The molecule has 3 aromatic rings. The lowest BCUT2D eigenvalue weighted by Gasteiger charge is -2.35. The Kier molecular flexibility index (Phi) is 5.65. The van der Waals surface area contributed by atoms with Crippen molar-refractivity contribution < 1.29 is 13.9 Å². The number of halogens is 1. The summed E-state index contributed by atoms with van der Waals surface area (Å²) in [6.07, 6.45) is 1.85. The van der Waals surface area contributed by atoms with E-state index in [1.54, 1.807) is 13.2 Å². The van der Waals surface area contributed by atoms with Gasteiger partial charge in [-0.15, -0.1) is 11.3 Å². The Morgan fingerprint density at radius 3 is 2.62 bits per heavy atom. The molecule has 6 nitrogen and oxygen atoms in total. The van der Waals surface area contributed by atoms with Crippen molar-refractivity contribution in [2.45, 2.75) is 45.8 Å². The fourth-order valence-electron chi connectivity index (χ4n) is 3.78. The van der Waals surface area contributed by atoms with Gasteiger partial charge >= 0.3 is 0 Å². The van der Waals surface area contributed by atoms with Crippen LogP contribution in [0.5, 0.6) is 11.6 Å². The highest BCUT2D eigenvalue weighted by Gasteiger charge is 2.27. The van der Waals surface area contributed by atoms with Gasteiger partial charge in [0.1, 0.15) is 17.7 Å². The molecule has 0 amide bonds. The monoisotopic (exact) mass is 416 g/mol. The Morgan fingerprint density at radius 2 is 1.90 bits per heavy atom. The van der Waals surface area contributed by atoms with Gasteiger partial charge in [-0.3, -0.25) is 4.90 Å². The first-order valence-corrected chi connectivity index (χ1v) is 10.6. The third-order valence-electron chi connectivity index (χ3n) is 5.31. The maximum atomic E-state index is 14.7. The van der Waals surface area contributed by atoms with E-state index in [1.165, 1.54) is 11.3 Å². The van der Waals surface area contributed by atoms with Crippen LogP contribution in [0.4, 0.5) is 4.39 Å². The van der Waals surface area contributed by atoms with E-state index in [1.807, 2.05) is 32.9 Å². The van der Waals surface area contributed by atoms with E-state index < -0.39 is 0 Å².